The first-order valence-corrected chi connectivity index (χ1v) is 6.52. The number of nitrogens with two attached hydrogens (primary N) is 1. The minimum absolute atomic E-state index is 0.301. The predicted molar refractivity (Wildman–Crippen MR) is 78.4 cm³/mol. The van der Waals surface area contributed by atoms with Crippen molar-refractivity contribution in [2.45, 2.75) is 19.9 Å². The Bertz CT molecular complexity index is 538. The lowest BCUT2D eigenvalue weighted by Crippen LogP contribution is -2.13. The molecule has 2 aromatic carbocycles. The van der Waals surface area contributed by atoms with E-state index >= 15 is 0 Å². The van der Waals surface area contributed by atoms with Gasteiger partial charge in [0.15, 0.2) is 0 Å². The van der Waals surface area contributed by atoms with Gasteiger partial charge in [0, 0.05) is 15.6 Å². The van der Waals surface area contributed by atoms with E-state index < -0.39 is 0 Å². The Balaban J connectivity index is 2.51. The molecule has 1 unspecified atom stereocenters. The topological polar surface area (TPSA) is 26.0 Å². The van der Waals surface area contributed by atoms with Gasteiger partial charge in [-0.1, -0.05) is 58.6 Å². The highest BCUT2D eigenvalue weighted by Gasteiger charge is 2.16. The van der Waals surface area contributed by atoms with Gasteiger partial charge in [0.05, 0.1) is 6.04 Å². The molecule has 0 spiro atoms. The van der Waals surface area contributed by atoms with Crippen LogP contribution in [0.3, 0.4) is 0 Å². The summed E-state index contributed by atoms with van der Waals surface area (Å²) < 4.78 is 0. The van der Waals surface area contributed by atoms with Crippen LogP contribution in [-0.4, -0.2) is 0 Å². The summed E-state index contributed by atoms with van der Waals surface area (Å²) in [4.78, 5) is 0. The fourth-order valence-corrected chi connectivity index (χ4v) is 2.80. The third-order valence-electron chi connectivity index (χ3n) is 2.91. The highest BCUT2D eigenvalue weighted by Crippen LogP contribution is 2.33. The van der Waals surface area contributed by atoms with Crippen LogP contribution in [0.4, 0.5) is 0 Å². The van der Waals surface area contributed by atoms with Gasteiger partial charge in [-0.3, -0.25) is 0 Å². The van der Waals surface area contributed by atoms with Crippen LogP contribution in [0.25, 0.3) is 0 Å². The van der Waals surface area contributed by atoms with Crippen molar-refractivity contribution in [1.82, 2.24) is 0 Å². The highest BCUT2D eigenvalue weighted by molar-refractivity contribution is 6.36. The van der Waals surface area contributed by atoms with Crippen LogP contribution < -0.4 is 5.73 Å². The normalized spacial score (nSPS) is 12.5. The molecule has 3 heteroatoms. The van der Waals surface area contributed by atoms with Crippen LogP contribution in [0.15, 0.2) is 36.4 Å². The molecule has 0 bridgehead atoms. The van der Waals surface area contributed by atoms with Crippen molar-refractivity contribution in [3.63, 3.8) is 0 Å². The largest absolute Gasteiger partial charge is 0.320 e. The van der Waals surface area contributed by atoms with Gasteiger partial charge in [-0.25, -0.2) is 0 Å². The van der Waals surface area contributed by atoms with Gasteiger partial charge in [0.2, 0.25) is 0 Å². The number of hydrogen-bond donors (Lipinski definition) is 1. The van der Waals surface area contributed by atoms with Gasteiger partial charge in [-0.05, 0) is 31.5 Å². The van der Waals surface area contributed by atoms with Crippen molar-refractivity contribution >= 4 is 23.2 Å². The lowest BCUT2D eigenvalue weighted by Gasteiger charge is -2.17. The Hall–Kier alpha value is -1.02. The third kappa shape index (κ3) is 2.69. The van der Waals surface area contributed by atoms with Crippen molar-refractivity contribution in [3.8, 4) is 0 Å². The van der Waals surface area contributed by atoms with Gasteiger partial charge >= 0.3 is 0 Å². The summed E-state index contributed by atoms with van der Waals surface area (Å²) in [5.74, 6) is 0. The smallest absolute Gasteiger partial charge is 0.0581 e. The predicted octanol–water partition coefficient (Wildman–Crippen LogP) is 4.66. The summed E-state index contributed by atoms with van der Waals surface area (Å²) in [5.41, 5.74) is 10.5. The van der Waals surface area contributed by atoms with Crippen molar-refractivity contribution in [1.29, 1.82) is 0 Å². The minimum atomic E-state index is -0.301. The monoisotopic (exact) mass is 279 g/mol. The molecule has 1 nitrogen and oxygen atoms in total. The zero-order chi connectivity index (χ0) is 13.3. The maximum atomic E-state index is 6.29. The zero-order valence-electron chi connectivity index (χ0n) is 10.4. The van der Waals surface area contributed by atoms with E-state index in [0.29, 0.717) is 10.0 Å². The Morgan fingerprint density at radius 2 is 1.44 bits per heavy atom. The standard InChI is InChI=1S/C15H15Cl2N/c1-9-6-10(2)8-11(7-9)15(18)14-12(16)4-3-5-13(14)17/h3-8,15H,18H2,1-2H3. The molecule has 0 fully saturated rings. The molecular formula is C15H15Cl2N. The number of hydrogen-bond acceptors (Lipinski definition) is 1. The second-order valence-electron chi connectivity index (χ2n) is 4.53. The summed E-state index contributed by atoms with van der Waals surface area (Å²) in [6, 6.07) is 11.4. The first-order valence-electron chi connectivity index (χ1n) is 5.76. The van der Waals surface area contributed by atoms with Crippen LogP contribution >= 0.6 is 23.2 Å². The molecule has 2 N–H and O–H groups in total. The molecule has 0 aromatic heterocycles. The maximum absolute atomic E-state index is 6.29. The van der Waals surface area contributed by atoms with Gasteiger partial charge in [0.25, 0.3) is 0 Å². The van der Waals surface area contributed by atoms with Crippen molar-refractivity contribution in [2.24, 2.45) is 5.73 Å². The van der Waals surface area contributed by atoms with Crippen LogP contribution in [0.5, 0.6) is 0 Å². The number of rotatable bonds is 2. The Labute approximate surface area is 118 Å². The number of benzene rings is 2. The number of halogens is 2. The van der Waals surface area contributed by atoms with Gasteiger partial charge in [-0.2, -0.15) is 0 Å². The van der Waals surface area contributed by atoms with Crippen LogP contribution in [-0.2, 0) is 0 Å². The quantitative estimate of drug-likeness (QED) is 0.850. The molecule has 2 aromatic rings. The van der Waals surface area contributed by atoms with Crippen molar-refractivity contribution in [2.75, 3.05) is 0 Å². The second kappa shape index (κ2) is 5.31. The summed E-state index contributed by atoms with van der Waals surface area (Å²) in [6.45, 7) is 4.11. The third-order valence-corrected chi connectivity index (χ3v) is 3.57. The molecule has 0 heterocycles. The maximum Gasteiger partial charge on any atom is 0.0581 e. The second-order valence-corrected chi connectivity index (χ2v) is 5.35. The van der Waals surface area contributed by atoms with Crippen LogP contribution in [0, 0.1) is 13.8 Å². The fourth-order valence-electron chi connectivity index (χ4n) is 2.16. The average molecular weight is 280 g/mol. The molecular weight excluding hydrogens is 265 g/mol. The number of aryl methyl sites for hydroxylation is 2. The van der Waals surface area contributed by atoms with E-state index in [2.05, 4.69) is 32.0 Å². The summed E-state index contributed by atoms with van der Waals surface area (Å²) >= 11 is 12.4. The molecule has 0 saturated carbocycles. The average Bonchev–Trinajstić information content (AvgIpc) is 2.27. The first kappa shape index (κ1) is 13.4. The van der Waals surface area contributed by atoms with E-state index in [1.54, 1.807) is 0 Å². The van der Waals surface area contributed by atoms with E-state index in [4.69, 9.17) is 28.9 Å². The van der Waals surface area contributed by atoms with E-state index in [-0.39, 0.29) is 6.04 Å². The molecule has 18 heavy (non-hydrogen) atoms. The molecule has 0 aliphatic carbocycles. The SMILES string of the molecule is Cc1cc(C)cc(C(N)c2c(Cl)cccc2Cl)c1. The van der Waals surface area contributed by atoms with Crippen LogP contribution in [0.1, 0.15) is 28.3 Å². The van der Waals surface area contributed by atoms with E-state index in [1.807, 2.05) is 18.2 Å². The molecule has 94 valence electrons. The van der Waals surface area contributed by atoms with Crippen molar-refractivity contribution < 1.29 is 0 Å². The fraction of sp³-hybridized carbons (Fsp3) is 0.200. The summed E-state index contributed by atoms with van der Waals surface area (Å²) in [7, 11) is 0. The Morgan fingerprint density at radius 3 is 1.94 bits per heavy atom. The molecule has 0 radical (unpaired) electrons. The lowest BCUT2D eigenvalue weighted by molar-refractivity contribution is 0.868. The molecule has 0 aliphatic heterocycles. The zero-order valence-corrected chi connectivity index (χ0v) is 11.9. The van der Waals surface area contributed by atoms with E-state index in [9.17, 15) is 0 Å². The summed E-state index contributed by atoms with van der Waals surface area (Å²) in [5, 5.41) is 1.21. The van der Waals surface area contributed by atoms with Gasteiger partial charge in [-0.15, -0.1) is 0 Å². The molecule has 0 amide bonds. The summed E-state index contributed by atoms with van der Waals surface area (Å²) in [6.07, 6.45) is 0. The lowest BCUT2D eigenvalue weighted by atomic mass is 9.96. The highest BCUT2D eigenvalue weighted by atomic mass is 35.5. The molecule has 0 saturated heterocycles. The molecule has 0 aliphatic rings. The Kier molecular flexibility index (Phi) is 3.96. The van der Waals surface area contributed by atoms with E-state index in [0.717, 1.165) is 11.1 Å². The van der Waals surface area contributed by atoms with E-state index in [1.165, 1.54) is 11.1 Å². The van der Waals surface area contributed by atoms with Gasteiger partial charge < -0.3 is 5.73 Å². The minimum Gasteiger partial charge on any atom is -0.320 e. The van der Waals surface area contributed by atoms with Crippen molar-refractivity contribution in [3.05, 3.63) is 68.7 Å². The Morgan fingerprint density at radius 1 is 0.944 bits per heavy atom. The van der Waals surface area contributed by atoms with Crippen LogP contribution in [0.2, 0.25) is 10.0 Å². The molecule has 1 atom stereocenters. The molecule has 2 rings (SSSR count). The first-order chi connectivity index (χ1) is 8.49. The van der Waals surface area contributed by atoms with Gasteiger partial charge in [0.1, 0.15) is 0 Å².